The van der Waals surface area contributed by atoms with E-state index in [-0.39, 0.29) is 22.7 Å². The van der Waals surface area contributed by atoms with Gasteiger partial charge in [-0.1, -0.05) is 34.6 Å². The van der Waals surface area contributed by atoms with E-state index in [4.69, 9.17) is 0 Å². The van der Waals surface area contributed by atoms with Gasteiger partial charge in [0, 0.05) is 12.5 Å². The van der Waals surface area contributed by atoms with Gasteiger partial charge in [0.1, 0.15) is 0 Å². The topological polar surface area (TPSA) is 41.1 Å². The molecule has 0 aromatic heterocycles. The number of amides is 1. The Morgan fingerprint density at radius 1 is 1.12 bits per heavy atom. The molecule has 1 aliphatic rings. The summed E-state index contributed by atoms with van der Waals surface area (Å²) in [5, 5.41) is 6.28. The van der Waals surface area contributed by atoms with Gasteiger partial charge in [-0.05, 0) is 30.3 Å². The lowest BCUT2D eigenvalue weighted by atomic mass is 10.0. The number of rotatable bonds is 6. The van der Waals surface area contributed by atoms with E-state index in [1.54, 1.807) is 0 Å². The SMILES string of the molecule is CCNCCCNC(=O)C1C(C)(C)C1(C)C. The number of carbonyl (C=O) groups is 1. The third kappa shape index (κ3) is 2.40. The summed E-state index contributed by atoms with van der Waals surface area (Å²) >= 11 is 0. The molecule has 0 atom stereocenters. The molecule has 2 N–H and O–H groups in total. The molecule has 0 radical (unpaired) electrons. The van der Waals surface area contributed by atoms with Crippen LogP contribution in [0, 0.1) is 16.7 Å². The van der Waals surface area contributed by atoms with Crippen molar-refractivity contribution in [1.29, 1.82) is 0 Å². The van der Waals surface area contributed by atoms with E-state index >= 15 is 0 Å². The van der Waals surface area contributed by atoms with E-state index in [0.29, 0.717) is 0 Å². The Bertz CT molecular complexity index is 245. The van der Waals surface area contributed by atoms with E-state index in [9.17, 15) is 4.79 Å². The maximum Gasteiger partial charge on any atom is 0.224 e. The normalized spacial score (nSPS) is 21.8. The molecule has 3 nitrogen and oxygen atoms in total. The molecule has 0 heterocycles. The van der Waals surface area contributed by atoms with Gasteiger partial charge in [-0.2, -0.15) is 0 Å². The van der Waals surface area contributed by atoms with Gasteiger partial charge in [0.2, 0.25) is 5.91 Å². The van der Waals surface area contributed by atoms with Crippen LogP contribution in [0.2, 0.25) is 0 Å². The second-order valence-corrected chi connectivity index (χ2v) is 5.87. The predicted molar refractivity (Wildman–Crippen MR) is 67.2 cm³/mol. The maximum absolute atomic E-state index is 11.9. The first-order valence-corrected chi connectivity index (χ1v) is 6.34. The zero-order valence-electron chi connectivity index (χ0n) is 11.3. The van der Waals surface area contributed by atoms with Crippen LogP contribution < -0.4 is 10.6 Å². The van der Waals surface area contributed by atoms with Gasteiger partial charge in [0.15, 0.2) is 0 Å². The van der Waals surface area contributed by atoms with Crippen LogP contribution in [-0.4, -0.2) is 25.5 Å². The number of nitrogens with one attached hydrogen (secondary N) is 2. The number of carbonyl (C=O) groups excluding carboxylic acids is 1. The highest BCUT2D eigenvalue weighted by Crippen LogP contribution is 2.68. The van der Waals surface area contributed by atoms with Gasteiger partial charge < -0.3 is 10.6 Å². The Balaban J connectivity index is 2.23. The summed E-state index contributed by atoms with van der Waals surface area (Å²) in [6, 6.07) is 0. The molecule has 0 saturated heterocycles. The second-order valence-electron chi connectivity index (χ2n) is 5.87. The lowest BCUT2D eigenvalue weighted by Crippen LogP contribution is -2.30. The van der Waals surface area contributed by atoms with Gasteiger partial charge >= 0.3 is 0 Å². The third-order valence-corrected chi connectivity index (χ3v) is 4.36. The summed E-state index contributed by atoms with van der Waals surface area (Å²) in [5.41, 5.74) is 0.303. The Kier molecular flexibility index (Phi) is 4.00. The molecular formula is C13H26N2O. The minimum absolute atomic E-state index is 0.152. The molecule has 1 aliphatic carbocycles. The van der Waals surface area contributed by atoms with E-state index in [1.807, 2.05) is 0 Å². The molecular weight excluding hydrogens is 200 g/mol. The fourth-order valence-electron chi connectivity index (χ4n) is 2.56. The average molecular weight is 226 g/mol. The zero-order valence-corrected chi connectivity index (χ0v) is 11.3. The summed E-state index contributed by atoms with van der Waals surface area (Å²) in [7, 11) is 0. The molecule has 1 fully saturated rings. The van der Waals surface area contributed by atoms with Crippen molar-refractivity contribution in [3.8, 4) is 0 Å². The predicted octanol–water partition coefficient (Wildman–Crippen LogP) is 1.78. The standard InChI is InChI=1S/C13H26N2O/c1-6-14-8-7-9-15-11(16)10-12(2,3)13(10,4)5/h10,14H,6-9H2,1-5H3,(H,15,16). The van der Waals surface area contributed by atoms with Crippen molar-refractivity contribution < 1.29 is 4.79 Å². The first-order valence-electron chi connectivity index (χ1n) is 6.34. The van der Waals surface area contributed by atoms with Crippen LogP contribution >= 0.6 is 0 Å². The van der Waals surface area contributed by atoms with Gasteiger partial charge in [0.05, 0.1) is 0 Å². The summed E-state index contributed by atoms with van der Waals surface area (Å²) in [6.07, 6.45) is 1.01. The van der Waals surface area contributed by atoms with Crippen molar-refractivity contribution >= 4 is 5.91 Å². The van der Waals surface area contributed by atoms with Gasteiger partial charge in [0.25, 0.3) is 0 Å². The Labute approximate surface area is 99.4 Å². The highest BCUT2D eigenvalue weighted by Gasteiger charge is 2.68. The van der Waals surface area contributed by atoms with E-state index in [1.165, 1.54) is 0 Å². The first-order chi connectivity index (χ1) is 7.35. The zero-order chi connectivity index (χ0) is 12.4. The number of hydrogen-bond donors (Lipinski definition) is 2. The Morgan fingerprint density at radius 3 is 2.12 bits per heavy atom. The summed E-state index contributed by atoms with van der Waals surface area (Å²) in [5.74, 6) is 0.408. The van der Waals surface area contributed by atoms with Crippen molar-refractivity contribution in [2.45, 2.75) is 41.0 Å². The molecule has 0 unspecified atom stereocenters. The van der Waals surface area contributed by atoms with E-state index < -0.39 is 0 Å². The summed E-state index contributed by atoms with van der Waals surface area (Å²) < 4.78 is 0. The third-order valence-electron chi connectivity index (χ3n) is 4.36. The molecule has 3 heteroatoms. The van der Waals surface area contributed by atoms with Crippen LogP contribution in [-0.2, 0) is 4.79 Å². The first kappa shape index (κ1) is 13.5. The van der Waals surface area contributed by atoms with Crippen LogP contribution in [0.4, 0.5) is 0 Å². The molecule has 1 rings (SSSR count). The quantitative estimate of drug-likeness (QED) is 0.678. The highest BCUT2D eigenvalue weighted by molar-refractivity contribution is 5.84. The van der Waals surface area contributed by atoms with Crippen molar-refractivity contribution in [2.24, 2.45) is 16.7 Å². The molecule has 0 aliphatic heterocycles. The minimum Gasteiger partial charge on any atom is -0.356 e. The maximum atomic E-state index is 11.9. The minimum atomic E-state index is 0.152. The monoisotopic (exact) mass is 226 g/mol. The summed E-state index contributed by atoms with van der Waals surface area (Å²) in [6.45, 7) is 13.6. The van der Waals surface area contributed by atoms with Crippen LogP contribution in [0.3, 0.4) is 0 Å². The number of hydrogen-bond acceptors (Lipinski definition) is 2. The van der Waals surface area contributed by atoms with E-state index in [0.717, 1.165) is 26.1 Å². The second kappa shape index (κ2) is 4.74. The highest BCUT2D eigenvalue weighted by atomic mass is 16.2. The van der Waals surface area contributed by atoms with Gasteiger partial charge in [-0.3, -0.25) is 4.79 Å². The van der Waals surface area contributed by atoms with Crippen LogP contribution in [0.1, 0.15) is 41.0 Å². The molecule has 1 saturated carbocycles. The largest absolute Gasteiger partial charge is 0.356 e. The average Bonchev–Trinajstić information content (AvgIpc) is 2.57. The fourth-order valence-corrected chi connectivity index (χ4v) is 2.56. The fraction of sp³-hybridized carbons (Fsp3) is 0.923. The molecule has 0 spiro atoms. The lowest BCUT2D eigenvalue weighted by Gasteiger charge is -2.06. The molecule has 0 aromatic carbocycles. The van der Waals surface area contributed by atoms with Crippen molar-refractivity contribution in [3.05, 3.63) is 0 Å². The smallest absolute Gasteiger partial charge is 0.224 e. The Hall–Kier alpha value is -0.570. The van der Waals surface area contributed by atoms with Gasteiger partial charge in [-0.15, -0.1) is 0 Å². The lowest BCUT2D eigenvalue weighted by molar-refractivity contribution is -0.123. The van der Waals surface area contributed by atoms with Crippen molar-refractivity contribution in [1.82, 2.24) is 10.6 Å². The van der Waals surface area contributed by atoms with Crippen LogP contribution in [0.15, 0.2) is 0 Å². The van der Waals surface area contributed by atoms with Crippen LogP contribution in [0.25, 0.3) is 0 Å². The molecule has 16 heavy (non-hydrogen) atoms. The molecule has 94 valence electrons. The Morgan fingerprint density at radius 2 is 1.69 bits per heavy atom. The van der Waals surface area contributed by atoms with E-state index in [2.05, 4.69) is 45.3 Å². The van der Waals surface area contributed by atoms with Crippen molar-refractivity contribution in [3.63, 3.8) is 0 Å². The molecule has 1 amide bonds. The van der Waals surface area contributed by atoms with Gasteiger partial charge in [-0.25, -0.2) is 0 Å². The van der Waals surface area contributed by atoms with Crippen molar-refractivity contribution in [2.75, 3.05) is 19.6 Å². The molecule has 0 aromatic rings. The van der Waals surface area contributed by atoms with Crippen LogP contribution in [0.5, 0.6) is 0 Å². The summed E-state index contributed by atoms with van der Waals surface area (Å²) in [4.78, 5) is 11.9. The molecule has 0 bridgehead atoms.